The number of carbonyl (C=O) groups excluding carboxylic acids is 2. The first-order valence-corrected chi connectivity index (χ1v) is 11.6. The zero-order valence-electron chi connectivity index (χ0n) is 17.8. The highest BCUT2D eigenvalue weighted by molar-refractivity contribution is 7.92. The lowest BCUT2D eigenvalue weighted by Gasteiger charge is -2.10. The quantitative estimate of drug-likeness (QED) is 0.343. The predicted molar refractivity (Wildman–Crippen MR) is 129 cm³/mol. The second-order valence-corrected chi connectivity index (χ2v) is 9.10. The Morgan fingerprint density at radius 1 is 0.879 bits per heavy atom. The fourth-order valence-corrected chi connectivity index (χ4v) is 4.21. The zero-order chi connectivity index (χ0) is 24.0. The molecule has 3 rings (SSSR count). The van der Waals surface area contributed by atoms with E-state index in [1.54, 1.807) is 49.4 Å². The average Bonchev–Trinajstić information content (AvgIpc) is 2.78. The molecule has 10 heteroatoms. The summed E-state index contributed by atoms with van der Waals surface area (Å²) in [6.45, 7) is 3.10. The van der Waals surface area contributed by atoms with Crippen LogP contribution < -0.4 is 15.5 Å². The van der Waals surface area contributed by atoms with E-state index >= 15 is 0 Å². The Labute approximate surface area is 196 Å². The van der Waals surface area contributed by atoms with Crippen molar-refractivity contribution in [2.75, 3.05) is 10.0 Å². The van der Waals surface area contributed by atoms with E-state index < -0.39 is 15.9 Å². The van der Waals surface area contributed by atoms with Gasteiger partial charge in [0.2, 0.25) is 5.91 Å². The van der Waals surface area contributed by atoms with Crippen LogP contribution >= 0.6 is 11.6 Å². The van der Waals surface area contributed by atoms with E-state index in [2.05, 4.69) is 20.6 Å². The summed E-state index contributed by atoms with van der Waals surface area (Å²) in [4.78, 5) is 23.7. The van der Waals surface area contributed by atoms with Gasteiger partial charge >= 0.3 is 0 Å². The number of nitrogens with one attached hydrogen (secondary N) is 3. The van der Waals surface area contributed by atoms with Gasteiger partial charge in [-0.3, -0.25) is 14.3 Å². The minimum atomic E-state index is -3.97. The standard InChI is InChI=1S/C23H21ClN4O4S/c1-15(17-7-5-9-19(13-17)25-16(2)29)26-27-23(30)18-8-6-10-20(14-18)33(31,32)28-22-12-4-3-11-21(22)24/h3-14,28H,1-2H3,(H,25,29)(H,27,30). The van der Waals surface area contributed by atoms with Crippen LogP contribution in [0.1, 0.15) is 29.8 Å². The van der Waals surface area contributed by atoms with Crippen LogP contribution in [0.15, 0.2) is 82.8 Å². The summed E-state index contributed by atoms with van der Waals surface area (Å²) in [6.07, 6.45) is 0. The summed E-state index contributed by atoms with van der Waals surface area (Å²) in [5, 5.41) is 7.02. The Morgan fingerprint density at radius 3 is 2.30 bits per heavy atom. The summed E-state index contributed by atoms with van der Waals surface area (Å²) in [7, 11) is -3.97. The molecule has 0 saturated carbocycles. The molecular formula is C23H21ClN4O4S. The Hall–Kier alpha value is -3.69. The lowest BCUT2D eigenvalue weighted by atomic mass is 10.1. The molecular weight excluding hydrogens is 464 g/mol. The van der Waals surface area contributed by atoms with E-state index in [9.17, 15) is 18.0 Å². The largest absolute Gasteiger partial charge is 0.326 e. The monoisotopic (exact) mass is 484 g/mol. The van der Waals surface area contributed by atoms with Crippen molar-refractivity contribution < 1.29 is 18.0 Å². The van der Waals surface area contributed by atoms with Gasteiger partial charge in [-0.05, 0) is 55.0 Å². The van der Waals surface area contributed by atoms with Crippen molar-refractivity contribution in [1.29, 1.82) is 0 Å². The lowest BCUT2D eigenvalue weighted by molar-refractivity contribution is -0.114. The third kappa shape index (κ3) is 6.41. The number of benzene rings is 3. The number of carbonyl (C=O) groups is 2. The average molecular weight is 485 g/mol. The highest BCUT2D eigenvalue weighted by Gasteiger charge is 2.17. The van der Waals surface area contributed by atoms with Crippen LogP contribution in [0.2, 0.25) is 5.02 Å². The number of nitrogens with zero attached hydrogens (tertiary/aromatic N) is 1. The van der Waals surface area contributed by atoms with Crippen molar-refractivity contribution in [3.05, 3.63) is 88.9 Å². The molecule has 8 nitrogen and oxygen atoms in total. The van der Waals surface area contributed by atoms with Crippen LogP contribution in [0, 0.1) is 0 Å². The first-order chi connectivity index (χ1) is 15.7. The van der Waals surface area contributed by atoms with Gasteiger partial charge in [-0.1, -0.05) is 41.9 Å². The molecule has 0 unspecified atom stereocenters. The second kappa shape index (κ2) is 10.3. The van der Waals surface area contributed by atoms with E-state index in [0.29, 0.717) is 17.0 Å². The summed E-state index contributed by atoms with van der Waals surface area (Å²) in [6, 6.07) is 19.0. The number of amides is 2. The number of halogens is 1. The molecule has 0 heterocycles. The predicted octanol–water partition coefficient (Wildman–Crippen LogP) is 4.25. The van der Waals surface area contributed by atoms with Gasteiger partial charge in [-0.2, -0.15) is 5.10 Å². The molecule has 0 aliphatic rings. The summed E-state index contributed by atoms with van der Waals surface area (Å²) in [5.41, 5.74) is 4.56. The summed E-state index contributed by atoms with van der Waals surface area (Å²) < 4.78 is 27.9. The zero-order valence-corrected chi connectivity index (χ0v) is 19.4. The van der Waals surface area contributed by atoms with Crippen LogP contribution in [0.4, 0.5) is 11.4 Å². The minimum Gasteiger partial charge on any atom is -0.326 e. The van der Waals surface area contributed by atoms with Crippen LogP contribution in [0.25, 0.3) is 0 Å². The number of rotatable bonds is 7. The number of hydrogen-bond donors (Lipinski definition) is 3. The van der Waals surface area contributed by atoms with Crippen molar-refractivity contribution in [2.45, 2.75) is 18.7 Å². The van der Waals surface area contributed by atoms with Crippen LogP contribution in [0.3, 0.4) is 0 Å². The molecule has 2 amide bonds. The van der Waals surface area contributed by atoms with Crippen molar-refractivity contribution >= 4 is 50.5 Å². The second-order valence-electron chi connectivity index (χ2n) is 7.01. The van der Waals surface area contributed by atoms with Crippen molar-refractivity contribution in [2.24, 2.45) is 5.10 Å². The van der Waals surface area contributed by atoms with E-state index in [1.807, 2.05) is 0 Å². The molecule has 0 fully saturated rings. The van der Waals surface area contributed by atoms with E-state index in [4.69, 9.17) is 11.6 Å². The fraction of sp³-hybridized carbons (Fsp3) is 0.0870. The lowest BCUT2D eigenvalue weighted by Crippen LogP contribution is -2.20. The van der Waals surface area contributed by atoms with Gasteiger partial charge in [-0.15, -0.1) is 0 Å². The number of hydrogen-bond acceptors (Lipinski definition) is 5. The van der Waals surface area contributed by atoms with E-state index in [-0.39, 0.29) is 27.1 Å². The van der Waals surface area contributed by atoms with Gasteiger partial charge in [0.15, 0.2) is 0 Å². The Balaban J connectivity index is 1.75. The third-order valence-electron chi connectivity index (χ3n) is 4.45. The number of hydrazone groups is 1. The molecule has 0 aromatic heterocycles. The maximum Gasteiger partial charge on any atom is 0.271 e. The Morgan fingerprint density at radius 2 is 1.58 bits per heavy atom. The van der Waals surface area contributed by atoms with Gasteiger partial charge in [0.25, 0.3) is 15.9 Å². The Bertz CT molecular complexity index is 1340. The van der Waals surface area contributed by atoms with Gasteiger partial charge in [0.05, 0.1) is 21.3 Å². The SMILES string of the molecule is CC(=O)Nc1cccc(C(C)=NNC(=O)c2cccc(S(=O)(=O)Nc3ccccc3Cl)c2)c1. The molecule has 0 aliphatic carbocycles. The topological polar surface area (TPSA) is 117 Å². The Kier molecular flexibility index (Phi) is 7.47. The molecule has 170 valence electrons. The van der Waals surface area contributed by atoms with Crippen molar-refractivity contribution in [1.82, 2.24) is 5.43 Å². The number of sulfonamides is 1. The van der Waals surface area contributed by atoms with Crippen LogP contribution in [-0.2, 0) is 14.8 Å². The summed E-state index contributed by atoms with van der Waals surface area (Å²) in [5.74, 6) is -0.781. The number of para-hydroxylation sites is 1. The molecule has 3 aromatic carbocycles. The maximum absolute atomic E-state index is 12.7. The highest BCUT2D eigenvalue weighted by atomic mass is 35.5. The molecule has 0 atom stereocenters. The normalized spacial score (nSPS) is 11.5. The third-order valence-corrected chi connectivity index (χ3v) is 6.14. The number of anilines is 2. The molecule has 3 N–H and O–H groups in total. The smallest absolute Gasteiger partial charge is 0.271 e. The molecule has 0 aliphatic heterocycles. The molecule has 0 bridgehead atoms. The van der Waals surface area contributed by atoms with Crippen molar-refractivity contribution in [3.8, 4) is 0 Å². The van der Waals surface area contributed by atoms with Crippen LogP contribution in [0.5, 0.6) is 0 Å². The van der Waals surface area contributed by atoms with Crippen molar-refractivity contribution in [3.63, 3.8) is 0 Å². The van der Waals surface area contributed by atoms with E-state index in [1.165, 1.54) is 37.3 Å². The molecule has 0 spiro atoms. The first-order valence-electron chi connectivity index (χ1n) is 9.76. The maximum atomic E-state index is 12.7. The van der Waals surface area contributed by atoms with Gasteiger partial charge in [-0.25, -0.2) is 13.8 Å². The first kappa shape index (κ1) is 24.0. The van der Waals surface area contributed by atoms with Gasteiger partial charge < -0.3 is 5.32 Å². The van der Waals surface area contributed by atoms with Gasteiger partial charge in [0, 0.05) is 18.2 Å². The molecule has 0 radical (unpaired) electrons. The minimum absolute atomic E-state index is 0.0984. The molecule has 33 heavy (non-hydrogen) atoms. The highest BCUT2D eigenvalue weighted by Crippen LogP contribution is 2.24. The van der Waals surface area contributed by atoms with E-state index in [0.717, 1.165) is 0 Å². The van der Waals surface area contributed by atoms with Gasteiger partial charge in [0.1, 0.15) is 0 Å². The molecule has 0 saturated heterocycles. The fourth-order valence-electron chi connectivity index (χ4n) is 2.84. The molecule has 3 aromatic rings. The van der Waals surface area contributed by atoms with Crippen LogP contribution in [-0.4, -0.2) is 25.9 Å². The summed E-state index contributed by atoms with van der Waals surface area (Å²) >= 11 is 6.03.